The summed E-state index contributed by atoms with van der Waals surface area (Å²) in [5.74, 6) is 0.641. The van der Waals surface area contributed by atoms with Gasteiger partial charge in [0.2, 0.25) is 5.88 Å². The van der Waals surface area contributed by atoms with E-state index < -0.39 is 0 Å². The Bertz CT molecular complexity index is 725. The molecule has 0 saturated carbocycles. The van der Waals surface area contributed by atoms with Gasteiger partial charge in [-0.05, 0) is 28.6 Å². The van der Waals surface area contributed by atoms with E-state index in [0.29, 0.717) is 5.88 Å². The molecular weight excluding hydrogens is 262 g/mol. The van der Waals surface area contributed by atoms with Gasteiger partial charge >= 0.3 is 0 Å². The van der Waals surface area contributed by atoms with Crippen molar-refractivity contribution in [3.05, 3.63) is 66.1 Å². The monoisotopic (exact) mass is 279 g/mol. The second-order valence-corrected chi connectivity index (χ2v) is 4.87. The maximum atomic E-state index is 5.05. The molecule has 0 aliphatic rings. The lowest BCUT2D eigenvalue weighted by Gasteiger charge is -2.07. The number of nitrogens with zero attached hydrogens (tertiary/aromatic N) is 2. The van der Waals surface area contributed by atoms with Crippen molar-refractivity contribution >= 4 is 10.8 Å². The van der Waals surface area contributed by atoms with E-state index in [-0.39, 0.29) is 0 Å². The minimum absolute atomic E-state index is 0.641. The third-order valence-electron chi connectivity index (χ3n) is 3.37. The van der Waals surface area contributed by atoms with Crippen molar-refractivity contribution in [2.75, 3.05) is 7.11 Å². The second-order valence-electron chi connectivity index (χ2n) is 4.87. The summed E-state index contributed by atoms with van der Waals surface area (Å²) in [6.45, 7) is 1.61. The van der Waals surface area contributed by atoms with Crippen LogP contribution < -0.4 is 10.1 Å². The van der Waals surface area contributed by atoms with Crippen molar-refractivity contribution < 1.29 is 4.74 Å². The van der Waals surface area contributed by atoms with Gasteiger partial charge in [0, 0.05) is 43.1 Å². The Kier molecular flexibility index (Phi) is 4.07. The molecule has 21 heavy (non-hydrogen) atoms. The predicted octanol–water partition coefficient (Wildman–Crippen LogP) is 2.93. The number of fused-ring (bicyclic) bond motifs is 1. The Morgan fingerprint density at radius 1 is 0.952 bits per heavy atom. The fourth-order valence-corrected chi connectivity index (χ4v) is 2.23. The molecule has 0 fully saturated rings. The van der Waals surface area contributed by atoms with Gasteiger partial charge in [0.1, 0.15) is 0 Å². The van der Waals surface area contributed by atoms with Crippen molar-refractivity contribution in [1.82, 2.24) is 15.3 Å². The number of aromatic nitrogens is 2. The van der Waals surface area contributed by atoms with Gasteiger partial charge in [-0.25, -0.2) is 4.98 Å². The Morgan fingerprint density at radius 3 is 2.62 bits per heavy atom. The number of nitrogens with one attached hydrogen (secondary N) is 1. The molecule has 0 radical (unpaired) electrons. The summed E-state index contributed by atoms with van der Waals surface area (Å²) in [6, 6.07) is 12.4. The lowest BCUT2D eigenvalue weighted by molar-refractivity contribution is 0.397. The third-order valence-corrected chi connectivity index (χ3v) is 3.37. The molecule has 0 aliphatic carbocycles. The molecule has 0 bridgehead atoms. The number of hydrogen-bond donors (Lipinski definition) is 1. The van der Waals surface area contributed by atoms with Gasteiger partial charge < -0.3 is 10.1 Å². The van der Waals surface area contributed by atoms with E-state index in [1.54, 1.807) is 7.11 Å². The van der Waals surface area contributed by atoms with Crippen molar-refractivity contribution in [2.24, 2.45) is 0 Å². The Hall–Kier alpha value is -2.46. The summed E-state index contributed by atoms with van der Waals surface area (Å²) in [5, 5.41) is 5.81. The molecule has 1 aromatic carbocycles. The van der Waals surface area contributed by atoms with E-state index in [1.807, 2.05) is 36.8 Å². The summed E-state index contributed by atoms with van der Waals surface area (Å²) >= 11 is 0. The number of benzene rings is 1. The van der Waals surface area contributed by atoms with Crippen LogP contribution in [-0.4, -0.2) is 17.1 Å². The van der Waals surface area contributed by atoms with Gasteiger partial charge in [-0.1, -0.05) is 18.2 Å². The van der Waals surface area contributed by atoms with Crippen LogP contribution >= 0.6 is 0 Å². The minimum atomic E-state index is 0.641. The van der Waals surface area contributed by atoms with Crippen molar-refractivity contribution in [1.29, 1.82) is 0 Å². The van der Waals surface area contributed by atoms with Crippen LogP contribution in [0.15, 0.2) is 55.0 Å². The fraction of sp³-hybridized carbons (Fsp3) is 0.176. The van der Waals surface area contributed by atoms with Crippen LogP contribution in [-0.2, 0) is 13.1 Å². The molecule has 4 nitrogen and oxygen atoms in total. The van der Waals surface area contributed by atoms with Crippen molar-refractivity contribution in [2.45, 2.75) is 13.1 Å². The molecule has 2 aromatic heterocycles. The quantitative estimate of drug-likeness (QED) is 0.780. The highest BCUT2D eigenvalue weighted by Crippen LogP contribution is 2.14. The Balaban J connectivity index is 1.60. The lowest BCUT2D eigenvalue weighted by Crippen LogP contribution is -2.12. The molecular formula is C17H17N3O. The van der Waals surface area contributed by atoms with Gasteiger partial charge in [-0.2, -0.15) is 0 Å². The highest BCUT2D eigenvalue weighted by Gasteiger charge is 1.98. The molecule has 106 valence electrons. The lowest BCUT2D eigenvalue weighted by atomic mass is 10.1. The molecule has 0 amide bonds. The number of ether oxygens (including phenoxy) is 1. The van der Waals surface area contributed by atoms with E-state index in [4.69, 9.17) is 4.74 Å². The van der Waals surface area contributed by atoms with Crippen LogP contribution in [0.3, 0.4) is 0 Å². The zero-order valence-electron chi connectivity index (χ0n) is 11.9. The number of methoxy groups -OCH3 is 1. The fourth-order valence-electron chi connectivity index (χ4n) is 2.23. The average molecular weight is 279 g/mol. The Labute approximate surface area is 123 Å². The highest BCUT2D eigenvalue weighted by atomic mass is 16.5. The largest absolute Gasteiger partial charge is 0.481 e. The van der Waals surface area contributed by atoms with E-state index in [0.717, 1.165) is 18.7 Å². The first-order valence-electron chi connectivity index (χ1n) is 6.87. The first kappa shape index (κ1) is 13.5. The van der Waals surface area contributed by atoms with Gasteiger partial charge in [0.25, 0.3) is 0 Å². The first-order chi connectivity index (χ1) is 10.3. The van der Waals surface area contributed by atoms with Crippen LogP contribution in [0, 0.1) is 0 Å². The van der Waals surface area contributed by atoms with Gasteiger partial charge in [0.05, 0.1) is 7.11 Å². The molecule has 3 aromatic rings. The molecule has 0 aliphatic heterocycles. The number of pyridine rings is 2. The van der Waals surface area contributed by atoms with Crippen LogP contribution in [0.1, 0.15) is 11.1 Å². The molecule has 3 rings (SSSR count). The molecule has 4 heteroatoms. The topological polar surface area (TPSA) is 47.0 Å². The molecule has 0 spiro atoms. The standard InChI is InChI=1S/C17H17N3O/c1-21-17-5-3-14(11-20-17)10-19-9-13-2-4-16-12-18-7-6-15(16)8-13/h2-8,11-12,19H,9-10H2,1H3. The van der Waals surface area contributed by atoms with E-state index in [1.165, 1.54) is 16.3 Å². The van der Waals surface area contributed by atoms with E-state index >= 15 is 0 Å². The van der Waals surface area contributed by atoms with Crippen LogP contribution in [0.2, 0.25) is 0 Å². The van der Waals surface area contributed by atoms with Crippen molar-refractivity contribution in [3.8, 4) is 5.88 Å². The van der Waals surface area contributed by atoms with Crippen LogP contribution in [0.4, 0.5) is 0 Å². The van der Waals surface area contributed by atoms with Crippen molar-refractivity contribution in [3.63, 3.8) is 0 Å². The predicted molar refractivity (Wildman–Crippen MR) is 83.1 cm³/mol. The molecule has 1 N–H and O–H groups in total. The SMILES string of the molecule is COc1ccc(CNCc2ccc3cnccc3c2)cn1. The third kappa shape index (κ3) is 3.35. The Morgan fingerprint density at radius 2 is 1.81 bits per heavy atom. The second kappa shape index (κ2) is 6.33. The normalized spacial score (nSPS) is 10.7. The van der Waals surface area contributed by atoms with Crippen LogP contribution in [0.5, 0.6) is 5.88 Å². The molecule has 2 heterocycles. The maximum Gasteiger partial charge on any atom is 0.212 e. The van der Waals surface area contributed by atoms with Gasteiger partial charge in [-0.3, -0.25) is 4.98 Å². The maximum absolute atomic E-state index is 5.05. The minimum Gasteiger partial charge on any atom is -0.481 e. The molecule has 0 atom stereocenters. The first-order valence-corrected chi connectivity index (χ1v) is 6.87. The van der Waals surface area contributed by atoms with Gasteiger partial charge in [0.15, 0.2) is 0 Å². The average Bonchev–Trinajstić information content (AvgIpc) is 2.55. The molecule has 0 unspecified atom stereocenters. The van der Waals surface area contributed by atoms with E-state index in [2.05, 4.69) is 33.5 Å². The molecule has 0 saturated heterocycles. The smallest absolute Gasteiger partial charge is 0.212 e. The zero-order valence-corrected chi connectivity index (χ0v) is 11.9. The number of hydrogen-bond acceptors (Lipinski definition) is 4. The highest BCUT2D eigenvalue weighted by molar-refractivity contribution is 5.81. The van der Waals surface area contributed by atoms with Crippen LogP contribution in [0.25, 0.3) is 10.8 Å². The van der Waals surface area contributed by atoms with Gasteiger partial charge in [-0.15, -0.1) is 0 Å². The summed E-state index contributed by atoms with van der Waals surface area (Å²) in [5.41, 5.74) is 2.40. The summed E-state index contributed by atoms with van der Waals surface area (Å²) in [6.07, 6.45) is 5.54. The summed E-state index contributed by atoms with van der Waals surface area (Å²) in [7, 11) is 1.62. The van der Waals surface area contributed by atoms with E-state index in [9.17, 15) is 0 Å². The summed E-state index contributed by atoms with van der Waals surface area (Å²) in [4.78, 5) is 8.32. The summed E-state index contributed by atoms with van der Waals surface area (Å²) < 4.78 is 5.05. The number of rotatable bonds is 5. The zero-order chi connectivity index (χ0) is 14.5.